The Bertz CT molecular complexity index is 586. The number of Topliss-reactive ketones (excluding diaryl/α,β-unsaturated/α-hetero) is 1. The van der Waals surface area contributed by atoms with Gasteiger partial charge in [0.15, 0.2) is 5.69 Å². The Labute approximate surface area is 98.4 Å². The summed E-state index contributed by atoms with van der Waals surface area (Å²) in [6.45, 7) is 1.46. The van der Waals surface area contributed by atoms with Crippen LogP contribution in [0.1, 0.15) is 17.4 Å². The maximum absolute atomic E-state index is 11.8. The number of aryl methyl sites for hydroxylation is 1. The summed E-state index contributed by atoms with van der Waals surface area (Å²) in [5, 5.41) is 7.49. The van der Waals surface area contributed by atoms with Crippen molar-refractivity contribution < 1.29 is 9.59 Å². The zero-order valence-corrected chi connectivity index (χ0v) is 9.73. The van der Waals surface area contributed by atoms with Crippen LogP contribution in [-0.2, 0) is 11.8 Å². The van der Waals surface area contributed by atoms with E-state index >= 15 is 0 Å². The van der Waals surface area contributed by atoms with Crippen molar-refractivity contribution in [2.24, 2.45) is 7.05 Å². The number of aromatic nitrogens is 2. The standard InChI is InChI=1S/C12H13N3O2/c1-8(16)7-13-12(17)11-9-5-3-4-6-10(9)15(2)14-11/h3-6H,7H2,1-2H3,(H,13,17). The number of nitrogens with one attached hydrogen (secondary N) is 1. The highest BCUT2D eigenvalue weighted by Gasteiger charge is 2.15. The van der Waals surface area contributed by atoms with E-state index < -0.39 is 0 Å². The third-order valence-electron chi connectivity index (χ3n) is 2.47. The largest absolute Gasteiger partial charge is 0.344 e. The molecule has 5 heteroatoms. The Morgan fingerprint density at radius 2 is 2.06 bits per heavy atom. The van der Waals surface area contributed by atoms with E-state index in [0.29, 0.717) is 5.69 Å². The minimum absolute atomic E-state index is 0.0315. The van der Waals surface area contributed by atoms with Crippen molar-refractivity contribution in [2.75, 3.05) is 6.54 Å². The molecule has 2 rings (SSSR count). The fourth-order valence-corrected chi connectivity index (χ4v) is 1.67. The molecular weight excluding hydrogens is 218 g/mol. The summed E-state index contributed by atoms with van der Waals surface area (Å²) in [4.78, 5) is 22.6. The number of rotatable bonds is 3. The summed E-state index contributed by atoms with van der Waals surface area (Å²) in [5.74, 6) is -0.407. The molecule has 0 fully saturated rings. The summed E-state index contributed by atoms with van der Waals surface area (Å²) in [7, 11) is 1.78. The van der Waals surface area contributed by atoms with Gasteiger partial charge in [-0.1, -0.05) is 18.2 Å². The summed E-state index contributed by atoms with van der Waals surface area (Å²) >= 11 is 0. The van der Waals surface area contributed by atoms with Crippen LogP contribution >= 0.6 is 0 Å². The van der Waals surface area contributed by atoms with E-state index in [-0.39, 0.29) is 18.2 Å². The van der Waals surface area contributed by atoms with Crippen molar-refractivity contribution in [3.63, 3.8) is 0 Å². The van der Waals surface area contributed by atoms with Crippen LogP contribution in [0.2, 0.25) is 0 Å². The first kappa shape index (κ1) is 11.3. The van der Waals surface area contributed by atoms with E-state index in [4.69, 9.17) is 0 Å². The molecule has 0 aliphatic rings. The topological polar surface area (TPSA) is 64.0 Å². The van der Waals surface area contributed by atoms with Crippen molar-refractivity contribution in [3.05, 3.63) is 30.0 Å². The van der Waals surface area contributed by atoms with Gasteiger partial charge in [0.1, 0.15) is 5.78 Å². The number of fused-ring (bicyclic) bond motifs is 1. The van der Waals surface area contributed by atoms with Gasteiger partial charge in [0, 0.05) is 12.4 Å². The van der Waals surface area contributed by atoms with Crippen LogP contribution in [-0.4, -0.2) is 28.0 Å². The van der Waals surface area contributed by atoms with Crippen LogP contribution < -0.4 is 5.32 Å². The number of amides is 1. The lowest BCUT2D eigenvalue weighted by Gasteiger charge is -1.99. The molecule has 1 N–H and O–H groups in total. The molecule has 1 aromatic carbocycles. The summed E-state index contributed by atoms with van der Waals surface area (Å²) in [6.07, 6.45) is 0. The second-order valence-corrected chi connectivity index (χ2v) is 3.87. The lowest BCUT2D eigenvalue weighted by atomic mass is 10.2. The van der Waals surface area contributed by atoms with Gasteiger partial charge in [0.2, 0.25) is 0 Å². The maximum atomic E-state index is 11.8. The summed E-state index contributed by atoms with van der Waals surface area (Å²) < 4.78 is 1.65. The average molecular weight is 231 g/mol. The highest BCUT2D eigenvalue weighted by atomic mass is 16.2. The molecule has 0 radical (unpaired) electrons. The van der Waals surface area contributed by atoms with Gasteiger partial charge < -0.3 is 5.32 Å². The Hall–Kier alpha value is -2.17. The lowest BCUT2D eigenvalue weighted by molar-refractivity contribution is -0.116. The zero-order valence-electron chi connectivity index (χ0n) is 9.73. The van der Waals surface area contributed by atoms with Gasteiger partial charge in [0.05, 0.1) is 12.1 Å². The molecule has 0 aliphatic heterocycles. The van der Waals surface area contributed by atoms with E-state index in [0.717, 1.165) is 10.9 Å². The number of hydrogen-bond donors (Lipinski definition) is 1. The minimum Gasteiger partial charge on any atom is -0.344 e. The predicted molar refractivity (Wildman–Crippen MR) is 63.7 cm³/mol. The van der Waals surface area contributed by atoms with E-state index in [9.17, 15) is 9.59 Å². The summed E-state index contributed by atoms with van der Waals surface area (Å²) in [5.41, 5.74) is 1.24. The molecule has 0 unspecified atom stereocenters. The first-order valence-electron chi connectivity index (χ1n) is 5.29. The Morgan fingerprint density at radius 3 is 2.76 bits per heavy atom. The highest BCUT2D eigenvalue weighted by molar-refractivity contribution is 6.05. The molecule has 88 valence electrons. The Balaban J connectivity index is 2.35. The predicted octanol–water partition coefficient (Wildman–Crippen LogP) is 0.892. The molecule has 0 aliphatic carbocycles. The van der Waals surface area contributed by atoms with Crippen LogP contribution in [0.4, 0.5) is 0 Å². The number of benzene rings is 1. The summed E-state index contributed by atoms with van der Waals surface area (Å²) in [6, 6.07) is 7.47. The first-order chi connectivity index (χ1) is 8.09. The molecule has 5 nitrogen and oxygen atoms in total. The third kappa shape index (κ3) is 2.18. The van der Waals surface area contributed by atoms with Crippen LogP contribution in [0.15, 0.2) is 24.3 Å². The number of carbonyl (C=O) groups is 2. The van der Waals surface area contributed by atoms with Crippen LogP contribution in [0.5, 0.6) is 0 Å². The molecule has 0 spiro atoms. The molecule has 1 aromatic heterocycles. The second-order valence-electron chi connectivity index (χ2n) is 3.87. The Morgan fingerprint density at radius 1 is 1.35 bits per heavy atom. The highest BCUT2D eigenvalue weighted by Crippen LogP contribution is 2.16. The van der Waals surface area contributed by atoms with E-state index in [1.165, 1.54) is 6.92 Å². The van der Waals surface area contributed by atoms with E-state index in [2.05, 4.69) is 10.4 Å². The smallest absolute Gasteiger partial charge is 0.272 e. The van der Waals surface area contributed by atoms with Crippen molar-refractivity contribution in [2.45, 2.75) is 6.92 Å². The van der Waals surface area contributed by atoms with Gasteiger partial charge in [-0.15, -0.1) is 0 Å². The fourth-order valence-electron chi connectivity index (χ4n) is 1.67. The normalized spacial score (nSPS) is 10.5. The van der Waals surface area contributed by atoms with Crippen molar-refractivity contribution >= 4 is 22.6 Å². The number of para-hydroxylation sites is 1. The molecule has 0 bridgehead atoms. The molecule has 0 saturated heterocycles. The average Bonchev–Trinajstić information content (AvgIpc) is 2.65. The molecule has 1 heterocycles. The third-order valence-corrected chi connectivity index (χ3v) is 2.47. The molecule has 0 saturated carbocycles. The van der Waals surface area contributed by atoms with Crippen LogP contribution in [0, 0.1) is 0 Å². The monoisotopic (exact) mass is 231 g/mol. The lowest BCUT2D eigenvalue weighted by Crippen LogP contribution is -2.28. The van der Waals surface area contributed by atoms with Gasteiger partial charge in [-0.05, 0) is 13.0 Å². The van der Waals surface area contributed by atoms with Crippen molar-refractivity contribution in [1.29, 1.82) is 0 Å². The molecule has 1 amide bonds. The number of hydrogen-bond acceptors (Lipinski definition) is 3. The molecule has 17 heavy (non-hydrogen) atoms. The van der Waals surface area contributed by atoms with Gasteiger partial charge in [-0.25, -0.2) is 0 Å². The van der Waals surface area contributed by atoms with Gasteiger partial charge in [-0.2, -0.15) is 5.10 Å². The number of carbonyl (C=O) groups excluding carboxylic acids is 2. The van der Waals surface area contributed by atoms with E-state index in [1.807, 2.05) is 24.3 Å². The SMILES string of the molecule is CC(=O)CNC(=O)c1nn(C)c2ccccc12. The number of nitrogens with zero attached hydrogens (tertiary/aromatic N) is 2. The van der Waals surface area contributed by atoms with E-state index in [1.54, 1.807) is 11.7 Å². The maximum Gasteiger partial charge on any atom is 0.272 e. The van der Waals surface area contributed by atoms with Gasteiger partial charge >= 0.3 is 0 Å². The Kier molecular flexibility index (Phi) is 2.91. The quantitative estimate of drug-likeness (QED) is 0.853. The molecular formula is C12H13N3O2. The fraction of sp³-hybridized carbons (Fsp3) is 0.250. The number of ketones is 1. The van der Waals surface area contributed by atoms with Gasteiger partial charge in [-0.3, -0.25) is 14.3 Å². The zero-order chi connectivity index (χ0) is 12.4. The van der Waals surface area contributed by atoms with Crippen molar-refractivity contribution in [1.82, 2.24) is 15.1 Å². The second kappa shape index (κ2) is 4.37. The van der Waals surface area contributed by atoms with Gasteiger partial charge in [0.25, 0.3) is 5.91 Å². The minimum atomic E-state index is -0.322. The first-order valence-corrected chi connectivity index (χ1v) is 5.29. The van der Waals surface area contributed by atoms with Crippen molar-refractivity contribution in [3.8, 4) is 0 Å². The van der Waals surface area contributed by atoms with Crippen LogP contribution in [0.3, 0.4) is 0 Å². The molecule has 2 aromatic rings. The van der Waals surface area contributed by atoms with Crippen LogP contribution in [0.25, 0.3) is 10.9 Å². The molecule has 0 atom stereocenters.